The summed E-state index contributed by atoms with van der Waals surface area (Å²) in [6.45, 7) is 2.34. The number of aromatic nitrogens is 2. The Balaban J connectivity index is 1.52. The molecule has 1 aliphatic heterocycles. The van der Waals surface area contributed by atoms with E-state index in [4.69, 9.17) is 4.74 Å². The zero-order chi connectivity index (χ0) is 22.1. The maximum absolute atomic E-state index is 13.7. The highest BCUT2D eigenvalue weighted by atomic mass is 19.1. The molecule has 0 aliphatic carbocycles. The highest BCUT2D eigenvalue weighted by molar-refractivity contribution is 6.08. The average Bonchev–Trinajstić information content (AvgIpc) is 3.39. The van der Waals surface area contributed by atoms with Crippen molar-refractivity contribution in [1.82, 2.24) is 9.78 Å². The molecule has 0 saturated carbocycles. The number of ether oxygens (including phenoxy) is 1. The first-order valence-corrected chi connectivity index (χ1v) is 10.5. The van der Waals surface area contributed by atoms with E-state index in [0.29, 0.717) is 18.0 Å². The van der Waals surface area contributed by atoms with E-state index in [0.717, 1.165) is 23.2 Å². The van der Waals surface area contributed by atoms with Gasteiger partial charge in [0.25, 0.3) is 5.91 Å². The van der Waals surface area contributed by atoms with Crippen molar-refractivity contribution in [3.63, 3.8) is 0 Å². The second-order valence-corrected chi connectivity index (χ2v) is 7.89. The number of para-hydroxylation sites is 1. The van der Waals surface area contributed by atoms with Crippen LogP contribution in [0.5, 0.6) is 5.75 Å². The number of rotatable bonds is 5. The minimum atomic E-state index is -0.333. The Labute approximate surface area is 185 Å². The van der Waals surface area contributed by atoms with Crippen LogP contribution in [-0.2, 0) is 13.0 Å². The van der Waals surface area contributed by atoms with Crippen molar-refractivity contribution in [1.29, 1.82) is 0 Å². The zero-order valence-electron chi connectivity index (χ0n) is 17.6. The fourth-order valence-electron chi connectivity index (χ4n) is 4.06. The van der Waals surface area contributed by atoms with Crippen LogP contribution >= 0.6 is 0 Å². The van der Waals surface area contributed by atoms with E-state index in [1.165, 1.54) is 12.1 Å². The summed E-state index contributed by atoms with van der Waals surface area (Å²) >= 11 is 0. The molecule has 2 heterocycles. The van der Waals surface area contributed by atoms with Crippen molar-refractivity contribution in [2.24, 2.45) is 0 Å². The van der Waals surface area contributed by atoms with Gasteiger partial charge in [-0.3, -0.25) is 4.79 Å². The van der Waals surface area contributed by atoms with Gasteiger partial charge in [0, 0.05) is 11.7 Å². The molecule has 0 N–H and O–H groups in total. The molecule has 160 valence electrons. The Bertz CT molecular complexity index is 1250. The normalized spacial score (nSPS) is 14.9. The summed E-state index contributed by atoms with van der Waals surface area (Å²) in [7, 11) is 0. The molecule has 0 saturated heterocycles. The summed E-state index contributed by atoms with van der Waals surface area (Å²) in [5, 5.41) is 4.55. The lowest BCUT2D eigenvalue weighted by Gasteiger charge is -2.22. The van der Waals surface area contributed by atoms with Crippen LogP contribution < -0.4 is 9.64 Å². The first kappa shape index (κ1) is 20.0. The van der Waals surface area contributed by atoms with Crippen LogP contribution in [-0.4, -0.2) is 21.7 Å². The third kappa shape index (κ3) is 3.75. The lowest BCUT2D eigenvalue weighted by Crippen LogP contribution is -2.36. The largest absolute Gasteiger partial charge is 0.485 e. The fourth-order valence-corrected chi connectivity index (χ4v) is 4.06. The summed E-state index contributed by atoms with van der Waals surface area (Å²) in [6.07, 6.45) is 2.47. The first-order valence-electron chi connectivity index (χ1n) is 10.5. The number of carbonyl (C=O) groups is 1. The lowest BCUT2D eigenvalue weighted by atomic mass is 10.1. The van der Waals surface area contributed by atoms with Crippen LogP contribution in [0.4, 0.5) is 10.1 Å². The van der Waals surface area contributed by atoms with E-state index < -0.39 is 0 Å². The number of nitrogens with zero attached hydrogens (tertiary/aromatic N) is 3. The number of halogens is 1. The molecule has 1 unspecified atom stereocenters. The summed E-state index contributed by atoms with van der Waals surface area (Å²) in [5.74, 6) is -0.161. The minimum Gasteiger partial charge on any atom is -0.485 e. The Morgan fingerprint density at radius 1 is 1.03 bits per heavy atom. The Hall–Kier alpha value is -3.93. The Morgan fingerprint density at radius 2 is 1.75 bits per heavy atom. The smallest absolute Gasteiger partial charge is 0.282 e. The third-order valence-corrected chi connectivity index (χ3v) is 5.64. The maximum atomic E-state index is 13.7. The molecule has 5 rings (SSSR count). The van der Waals surface area contributed by atoms with Crippen molar-refractivity contribution in [3.8, 4) is 11.4 Å². The van der Waals surface area contributed by atoms with Gasteiger partial charge in [0.1, 0.15) is 12.4 Å². The molecule has 0 fully saturated rings. The molecular formula is C26H22FN3O2. The molecule has 3 aromatic carbocycles. The predicted molar refractivity (Wildman–Crippen MR) is 121 cm³/mol. The van der Waals surface area contributed by atoms with Gasteiger partial charge in [-0.2, -0.15) is 5.10 Å². The lowest BCUT2D eigenvalue weighted by molar-refractivity contribution is 0.0972. The van der Waals surface area contributed by atoms with Crippen molar-refractivity contribution >= 4 is 11.6 Å². The molecule has 1 aromatic heterocycles. The third-order valence-electron chi connectivity index (χ3n) is 5.64. The van der Waals surface area contributed by atoms with Gasteiger partial charge >= 0.3 is 0 Å². The molecule has 5 nitrogen and oxygen atoms in total. The van der Waals surface area contributed by atoms with Crippen molar-refractivity contribution in [3.05, 3.63) is 108 Å². The van der Waals surface area contributed by atoms with E-state index in [1.54, 1.807) is 27.9 Å². The van der Waals surface area contributed by atoms with E-state index in [1.807, 2.05) is 61.5 Å². The molecule has 1 aliphatic rings. The quantitative estimate of drug-likeness (QED) is 0.441. The molecule has 32 heavy (non-hydrogen) atoms. The SMILES string of the molecule is CC1Cc2ccccc2N1C(=O)c1nn(-c2ccc(F)cc2)cc1OCc1ccccc1. The number of hydrogen-bond donors (Lipinski definition) is 0. The molecule has 0 bridgehead atoms. The maximum Gasteiger partial charge on any atom is 0.282 e. The van der Waals surface area contributed by atoms with Crippen LogP contribution in [0.2, 0.25) is 0 Å². The number of fused-ring (bicyclic) bond motifs is 1. The van der Waals surface area contributed by atoms with Crippen LogP contribution in [0.3, 0.4) is 0 Å². The molecular weight excluding hydrogens is 405 g/mol. The molecule has 4 aromatic rings. The minimum absolute atomic E-state index is 0.0119. The van der Waals surface area contributed by atoms with Crippen LogP contribution in [0, 0.1) is 5.82 Å². The van der Waals surface area contributed by atoms with Gasteiger partial charge in [-0.15, -0.1) is 0 Å². The van der Waals surface area contributed by atoms with Crippen molar-refractivity contribution in [2.75, 3.05) is 4.90 Å². The van der Waals surface area contributed by atoms with Crippen LogP contribution in [0.25, 0.3) is 5.69 Å². The molecule has 1 amide bonds. The second-order valence-electron chi connectivity index (χ2n) is 7.89. The Kier molecular flexibility index (Phi) is 5.19. The summed E-state index contributed by atoms with van der Waals surface area (Å²) in [5.41, 5.74) is 3.90. The fraction of sp³-hybridized carbons (Fsp3) is 0.154. The van der Waals surface area contributed by atoms with Gasteiger partial charge in [-0.1, -0.05) is 48.5 Å². The predicted octanol–water partition coefficient (Wildman–Crippen LogP) is 5.18. The number of hydrogen-bond acceptors (Lipinski definition) is 3. The van der Waals surface area contributed by atoms with Crippen LogP contribution in [0.15, 0.2) is 85.1 Å². The summed E-state index contributed by atoms with van der Waals surface area (Å²) in [6, 6.07) is 23.6. The van der Waals surface area contributed by atoms with E-state index in [2.05, 4.69) is 5.10 Å². The van der Waals surface area contributed by atoms with Gasteiger partial charge in [0.05, 0.1) is 11.9 Å². The van der Waals surface area contributed by atoms with E-state index in [-0.39, 0.29) is 23.5 Å². The second kappa shape index (κ2) is 8.30. The molecule has 1 atom stereocenters. The number of anilines is 1. The number of carbonyl (C=O) groups excluding carboxylic acids is 1. The van der Waals surface area contributed by atoms with Gasteiger partial charge < -0.3 is 9.64 Å². The standard InChI is InChI=1S/C26H22FN3O2/c1-18-15-20-9-5-6-10-23(20)30(18)26(31)25-24(32-17-19-7-3-2-4-8-19)16-29(28-25)22-13-11-21(27)12-14-22/h2-14,16,18H,15,17H2,1H3. The topological polar surface area (TPSA) is 47.4 Å². The number of benzene rings is 3. The van der Waals surface area contributed by atoms with Crippen molar-refractivity contribution < 1.29 is 13.9 Å². The van der Waals surface area contributed by atoms with E-state index >= 15 is 0 Å². The van der Waals surface area contributed by atoms with Gasteiger partial charge in [-0.25, -0.2) is 9.07 Å². The van der Waals surface area contributed by atoms with Crippen LogP contribution in [0.1, 0.15) is 28.5 Å². The summed E-state index contributed by atoms with van der Waals surface area (Å²) in [4.78, 5) is 15.4. The highest BCUT2D eigenvalue weighted by Gasteiger charge is 2.34. The zero-order valence-corrected chi connectivity index (χ0v) is 17.6. The summed E-state index contributed by atoms with van der Waals surface area (Å²) < 4.78 is 21.0. The van der Waals surface area contributed by atoms with Crippen molar-refractivity contribution in [2.45, 2.75) is 26.0 Å². The van der Waals surface area contributed by atoms with Gasteiger partial charge in [-0.05, 0) is 54.8 Å². The van der Waals surface area contributed by atoms with Gasteiger partial charge in [0.15, 0.2) is 11.4 Å². The average molecular weight is 427 g/mol. The molecule has 0 spiro atoms. The highest BCUT2D eigenvalue weighted by Crippen LogP contribution is 2.34. The van der Waals surface area contributed by atoms with E-state index in [9.17, 15) is 9.18 Å². The Morgan fingerprint density at radius 3 is 2.53 bits per heavy atom. The first-order chi connectivity index (χ1) is 15.6. The number of amides is 1. The van der Waals surface area contributed by atoms with Gasteiger partial charge in [0.2, 0.25) is 0 Å². The molecule has 6 heteroatoms. The molecule has 0 radical (unpaired) electrons. The monoisotopic (exact) mass is 427 g/mol.